The van der Waals surface area contributed by atoms with Crippen LogP contribution in [-0.2, 0) is 9.47 Å². The summed E-state index contributed by atoms with van der Waals surface area (Å²) in [7, 11) is 0. The number of aliphatic hydroxyl groups is 1. The minimum Gasteiger partial charge on any atom is -0.431 e. The largest absolute Gasteiger partial charge is 0.508 e. The predicted molar refractivity (Wildman–Crippen MR) is 104 cm³/mol. The van der Waals surface area contributed by atoms with Gasteiger partial charge in [0.25, 0.3) is 0 Å². The molecule has 0 aliphatic heterocycles. The van der Waals surface area contributed by atoms with Crippen LogP contribution in [0.15, 0.2) is 0 Å². The van der Waals surface area contributed by atoms with E-state index < -0.39 is 11.8 Å². The fourth-order valence-electron chi connectivity index (χ4n) is 5.30. The zero-order valence-electron chi connectivity index (χ0n) is 17.7. The molecule has 0 aromatic carbocycles. The molecule has 26 heavy (non-hydrogen) atoms. The lowest BCUT2D eigenvalue weighted by atomic mass is 9.67. The van der Waals surface area contributed by atoms with Crippen molar-refractivity contribution in [2.24, 2.45) is 35.5 Å². The molecule has 2 aliphatic carbocycles. The van der Waals surface area contributed by atoms with Crippen LogP contribution in [0.3, 0.4) is 0 Å². The molecule has 152 valence electrons. The summed E-state index contributed by atoms with van der Waals surface area (Å²) in [6.45, 7) is 13.1. The second-order valence-corrected chi connectivity index (χ2v) is 9.86. The van der Waals surface area contributed by atoms with E-state index in [4.69, 9.17) is 9.47 Å². The molecule has 2 rings (SSSR count). The Bertz CT molecular complexity index is 461. The molecule has 0 spiro atoms. The summed E-state index contributed by atoms with van der Waals surface area (Å²) in [6.07, 6.45) is 5.36. The third-order valence-electron chi connectivity index (χ3n) is 6.82. The zero-order chi connectivity index (χ0) is 19.5. The maximum Gasteiger partial charge on any atom is 0.508 e. The highest BCUT2D eigenvalue weighted by Crippen LogP contribution is 2.41. The summed E-state index contributed by atoms with van der Waals surface area (Å²) in [5.74, 6) is 2.48. The Kier molecular flexibility index (Phi) is 7.41. The second kappa shape index (κ2) is 8.95. The van der Waals surface area contributed by atoms with Crippen molar-refractivity contribution in [2.45, 2.75) is 91.8 Å². The molecule has 0 unspecified atom stereocenters. The molecule has 4 heteroatoms. The smallest absolute Gasteiger partial charge is 0.431 e. The molecule has 2 saturated carbocycles. The van der Waals surface area contributed by atoms with Crippen LogP contribution in [0.4, 0.5) is 4.79 Å². The van der Waals surface area contributed by atoms with Crippen molar-refractivity contribution in [1.29, 1.82) is 0 Å². The molecule has 4 nitrogen and oxygen atoms in total. The first-order valence-electron chi connectivity index (χ1n) is 10.7. The summed E-state index contributed by atoms with van der Waals surface area (Å²) in [5.41, 5.74) is -0.928. The molecule has 2 aliphatic rings. The van der Waals surface area contributed by atoms with Gasteiger partial charge in [0.1, 0.15) is 18.3 Å². The first kappa shape index (κ1) is 21.5. The van der Waals surface area contributed by atoms with E-state index in [1.54, 1.807) is 0 Å². The second-order valence-electron chi connectivity index (χ2n) is 9.86. The van der Waals surface area contributed by atoms with E-state index in [-0.39, 0.29) is 18.6 Å². The lowest BCUT2D eigenvalue weighted by Gasteiger charge is -2.44. The Labute approximate surface area is 160 Å². The van der Waals surface area contributed by atoms with Gasteiger partial charge in [-0.15, -0.1) is 0 Å². The molecule has 0 radical (unpaired) electrons. The highest BCUT2D eigenvalue weighted by molar-refractivity contribution is 5.60. The molecular formula is C22H40O4. The van der Waals surface area contributed by atoms with Crippen LogP contribution in [0.2, 0.25) is 0 Å². The Morgan fingerprint density at radius 2 is 1.69 bits per heavy atom. The Morgan fingerprint density at radius 1 is 1.04 bits per heavy atom. The van der Waals surface area contributed by atoms with Gasteiger partial charge < -0.3 is 14.6 Å². The third-order valence-corrected chi connectivity index (χ3v) is 6.82. The monoisotopic (exact) mass is 368 g/mol. The van der Waals surface area contributed by atoms with Gasteiger partial charge in [-0.3, -0.25) is 0 Å². The van der Waals surface area contributed by atoms with E-state index in [1.165, 1.54) is 6.42 Å². The van der Waals surface area contributed by atoms with Gasteiger partial charge in [0.2, 0.25) is 0 Å². The lowest BCUT2D eigenvalue weighted by Crippen LogP contribution is -2.49. The fraction of sp³-hybridized carbons (Fsp3) is 0.955. The van der Waals surface area contributed by atoms with Crippen LogP contribution in [0, 0.1) is 35.5 Å². The minimum atomic E-state index is -0.928. The first-order valence-corrected chi connectivity index (χ1v) is 10.7. The van der Waals surface area contributed by atoms with Gasteiger partial charge in [0.05, 0.1) is 0 Å². The van der Waals surface area contributed by atoms with Crippen molar-refractivity contribution < 1.29 is 19.4 Å². The van der Waals surface area contributed by atoms with E-state index in [1.807, 2.05) is 0 Å². The van der Waals surface area contributed by atoms with Crippen LogP contribution >= 0.6 is 0 Å². The standard InChI is InChI=1S/C22H40O4/c1-14(2)18-9-7-16(5)11-20(18)26-21(23)25-13-22(24)12-17(6)8-10-19(22)15(3)4/h14-20,24H,7-13H2,1-6H3/t16-,17-,18+,19+,20-,22-/m1/s1. The summed E-state index contributed by atoms with van der Waals surface area (Å²) in [5, 5.41) is 11.2. The summed E-state index contributed by atoms with van der Waals surface area (Å²) < 4.78 is 11.2. The summed E-state index contributed by atoms with van der Waals surface area (Å²) in [6, 6.07) is 0. The van der Waals surface area contributed by atoms with Gasteiger partial charge in [0, 0.05) is 0 Å². The zero-order valence-corrected chi connectivity index (χ0v) is 17.7. The Balaban J connectivity index is 1.93. The SMILES string of the molecule is CC(C)[C@@H]1CC[C@@H](C)C[C@H]1OC(=O)OC[C@]1(O)C[C@H](C)CC[C@H]1C(C)C. The quantitative estimate of drug-likeness (QED) is 0.658. The van der Waals surface area contributed by atoms with Crippen molar-refractivity contribution in [2.75, 3.05) is 6.61 Å². The number of rotatable bonds is 5. The molecule has 6 atom stereocenters. The fourth-order valence-corrected chi connectivity index (χ4v) is 5.30. The lowest BCUT2D eigenvalue weighted by molar-refractivity contribution is -0.126. The molecular weight excluding hydrogens is 328 g/mol. The van der Waals surface area contributed by atoms with Gasteiger partial charge in [-0.05, 0) is 61.2 Å². The molecule has 0 saturated heterocycles. The molecule has 2 fully saturated rings. The predicted octanol–water partition coefficient (Wildman–Crippen LogP) is 5.42. The van der Waals surface area contributed by atoms with Gasteiger partial charge in [0.15, 0.2) is 0 Å². The van der Waals surface area contributed by atoms with Crippen molar-refractivity contribution in [3.8, 4) is 0 Å². The molecule has 0 aromatic heterocycles. The molecule has 1 N–H and O–H groups in total. The maximum absolute atomic E-state index is 12.4. The number of carbonyl (C=O) groups excluding carboxylic acids is 1. The maximum atomic E-state index is 12.4. The van der Waals surface area contributed by atoms with Crippen LogP contribution in [0.5, 0.6) is 0 Å². The summed E-state index contributed by atoms with van der Waals surface area (Å²) >= 11 is 0. The van der Waals surface area contributed by atoms with Crippen LogP contribution < -0.4 is 0 Å². The van der Waals surface area contributed by atoms with E-state index >= 15 is 0 Å². The number of carbonyl (C=O) groups is 1. The molecule has 0 aromatic rings. The van der Waals surface area contributed by atoms with E-state index in [0.29, 0.717) is 36.0 Å². The highest BCUT2D eigenvalue weighted by Gasteiger charge is 2.44. The molecule has 0 bridgehead atoms. The minimum absolute atomic E-state index is 0.0492. The van der Waals surface area contributed by atoms with Crippen molar-refractivity contribution in [3.63, 3.8) is 0 Å². The number of hydrogen-bond acceptors (Lipinski definition) is 4. The Hall–Kier alpha value is -0.770. The van der Waals surface area contributed by atoms with Gasteiger partial charge >= 0.3 is 6.16 Å². The first-order chi connectivity index (χ1) is 12.1. The normalized spacial score (nSPS) is 38.4. The average molecular weight is 369 g/mol. The van der Waals surface area contributed by atoms with Gasteiger partial charge in [-0.25, -0.2) is 4.79 Å². The van der Waals surface area contributed by atoms with Crippen LogP contribution in [0.1, 0.15) is 80.1 Å². The van der Waals surface area contributed by atoms with Crippen molar-refractivity contribution >= 4 is 6.16 Å². The topological polar surface area (TPSA) is 55.8 Å². The summed E-state index contributed by atoms with van der Waals surface area (Å²) in [4.78, 5) is 12.4. The van der Waals surface area contributed by atoms with E-state index in [0.717, 1.165) is 25.7 Å². The number of ether oxygens (including phenoxy) is 2. The van der Waals surface area contributed by atoms with Crippen molar-refractivity contribution in [3.05, 3.63) is 0 Å². The van der Waals surface area contributed by atoms with Gasteiger partial charge in [-0.1, -0.05) is 54.4 Å². The molecule has 0 heterocycles. The third kappa shape index (κ3) is 5.37. The van der Waals surface area contributed by atoms with E-state index in [9.17, 15) is 9.90 Å². The molecule has 0 amide bonds. The van der Waals surface area contributed by atoms with Crippen molar-refractivity contribution in [1.82, 2.24) is 0 Å². The van der Waals surface area contributed by atoms with E-state index in [2.05, 4.69) is 41.5 Å². The highest BCUT2D eigenvalue weighted by atomic mass is 16.7. The average Bonchev–Trinajstić information content (AvgIpc) is 2.52. The van der Waals surface area contributed by atoms with Crippen LogP contribution in [0.25, 0.3) is 0 Å². The van der Waals surface area contributed by atoms with Gasteiger partial charge in [-0.2, -0.15) is 0 Å². The number of hydrogen-bond donors (Lipinski definition) is 1. The van der Waals surface area contributed by atoms with Crippen LogP contribution in [-0.4, -0.2) is 29.6 Å². The Morgan fingerprint density at radius 3 is 2.31 bits per heavy atom.